The molecule has 0 heterocycles. The minimum absolute atomic E-state index is 0.147. The minimum atomic E-state index is -1.02. The molecule has 0 amide bonds. The molecule has 540 valence electrons. The molecule has 3 unspecified atom stereocenters. The predicted octanol–water partition coefficient (Wildman–Crippen LogP) is 11.9. The number of methoxy groups -OCH3 is 3. The third kappa shape index (κ3) is 36.8. The van der Waals surface area contributed by atoms with Gasteiger partial charge in [0.1, 0.15) is 72.6 Å². The van der Waals surface area contributed by atoms with Crippen molar-refractivity contribution in [3.8, 4) is 34.5 Å². The lowest BCUT2D eigenvalue weighted by molar-refractivity contribution is -0.154. The van der Waals surface area contributed by atoms with Crippen molar-refractivity contribution in [2.24, 2.45) is 0 Å². The first kappa shape index (κ1) is 82.2. The van der Waals surface area contributed by atoms with Crippen LogP contribution in [0.5, 0.6) is 34.5 Å². The largest absolute Gasteiger partial charge is 0.497 e. The lowest BCUT2D eigenvalue weighted by Crippen LogP contribution is -2.35. The van der Waals surface area contributed by atoms with Gasteiger partial charge in [-0.1, -0.05) is 97.4 Å². The van der Waals surface area contributed by atoms with E-state index in [1.54, 1.807) is 21.3 Å². The van der Waals surface area contributed by atoms with Crippen LogP contribution in [-0.2, 0) is 81.5 Å². The molecule has 99 heavy (non-hydrogen) atoms. The van der Waals surface area contributed by atoms with E-state index < -0.39 is 54.1 Å². The number of hydrogen-bond acceptors (Lipinski definition) is 18. The van der Waals surface area contributed by atoms with Gasteiger partial charge in [-0.2, -0.15) is 0 Å². The minimum Gasteiger partial charge on any atom is -0.497 e. The molecule has 0 aromatic heterocycles. The number of rotatable bonds is 45. The SMILES string of the molecule is COc1ccc(CCCCc2ccccc2OCC(CN(C)C)OC(=O)CCC(=O)O)cc1.COc1cccc(CCCCCc2ccccc2OCC(CN(C)C)OC(=O)CCC(=O)O)c1.COc1cccc(CCCc2ccccc2OCC(CN(C)C)OC(=O)CCC(=O)O)c1. The molecular formula is C78H105N3O18. The van der Waals surface area contributed by atoms with Crippen molar-refractivity contribution >= 4 is 35.8 Å². The Morgan fingerprint density at radius 3 is 1.00 bits per heavy atom. The highest BCUT2D eigenvalue weighted by molar-refractivity contribution is 5.78. The summed E-state index contributed by atoms with van der Waals surface area (Å²) in [5.41, 5.74) is 7.14. The topological polar surface area (TPSA) is 256 Å². The third-order valence-electron chi connectivity index (χ3n) is 15.3. The van der Waals surface area contributed by atoms with Gasteiger partial charge in [-0.05, 0) is 201 Å². The lowest BCUT2D eigenvalue weighted by Gasteiger charge is -2.22. The van der Waals surface area contributed by atoms with Gasteiger partial charge >= 0.3 is 35.8 Å². The first-order chi connectivity index (χ1) is 47.6. The number of benzene rings is 6. The first-order valence-electron chi connectivity index (χ1n) is 33.8. The van der Waals surface area contributed by atoms with Crippen LogP contribution in [0, 0.1) is 0 Å². The van der Waals surface area contributed by atoms with Crippen molar-refractivity contribution in [1.82, 2.24) is 14.7 Å². The zero-order valence-electron chi connectivity index (χ0n) is 59.4. The van der Waals surface area contributed by atoms with Crippen LogP contribution < -0.4 is 28.4 Å². The van der Waals surface area contributed by atoms with Gasteiger partial charge in [0.05, 0.1) is 59.9 Å². The molecule has 3 N–H and O–H groups in total. The maximum absolute atomic E-state index is 12.0. The van der Waals surface area contributed by atoms with Gasteiger partial charge in [-0.3, -0.25) is 28.8 Å². The number of aryl methyl sites for hydroxylation is 6. The van der Waals surface area contributed by atoms with Crippen molar-refractivity contribution in [2.45, 2.75) is 134 Å². The summed E-state index contributed by atoms with van der Waals surface area (Å²) < 4.78 is 50.3. The van der Waals surface area contributed by atoms with E-state index in [0.29, 0.717) is 19.6 Å². The maximum atomic E-state index is 12.0. The van der Waals surface area contributed by atoms with Gasteiger partial charge < -0.3 is 72.7 Å². The molecule has 0 aliphatic carbocycles. The van der Waals surface area contributed by atoms with E-state index in [9.17, 15) is 28.8 Å². The van der Waals surface area contributed by atoms with E-state index in [4.69, 9.17) is 58.0 Å². The van der Waals surface area contributed by atoms with E-state index >= 15 is 0 Å². The van der Waals surface area contributed by atoms with Crippen molar-refractivity contribution < 1.29 is 86.7 Å². The second kappa shape index (κ2) is 47.7. The highest BCUT2D eigenvalue weighted by Gasteiger charge is 2.22. The average Bonchev–Trinajstić information content (AvgIpc) is 0.988. The molecule has 6 rings (SSSR count). The number of para-hydroxylation sites is 3. The second-order valence-electron chi connectivity index (χ2n) is 24.7. The first-order valence-corrected chi connectivity index (χ1v) is 33.8. The molecule has 0 aliphatic heterocycles. The van der Waals surface area contributed by atoms with Crippen LogP contribution in [0.3, 0.4) is 0 Å². The highest BCUT2D eigenvalue weighted by atomic mass is 16.6. The lowest BCUT2D eigenvalue weighted by atomic mass is 10.0. The molecule has 0 aliphatic rings. The Morgan fingerprint density at radius 2 is 0.646 bits per heavy atom. The number of esters is 3. The van der Waals surface area contributed by atoms with Crippen LogP contribution >= 0.6 is 0 Å². The molecule has 21 nitrogen and oxygen atoms in total. The molecule has 6 aromatic rings. The molecule has 3 atom stereocenters. The summed E-state index contributed by atoms with van der Waals surface area (Å²) >= 11 is 0. The van der Waals surface area contributed by atoms with Gasteiger partial charge in [0.2, 0.25) is 0 Å². The number of carbonyl (C=O) groups is 6. The Kier molecular flexibility index (Phi) is 39.6. The van der Waals surface area contributed by atoms with Gasteiger partial charge in [0.25, 0.3) is 0 Å². The van der Waals surface area contributed by atoms with Crippen molar-refractivity contribution in [3.63, 3.8) is 0 Å². The van der Waals surface area contributed by atoms with Crippen LogP contribution in [0.4, 0.5) is 0 Å². The smallest absolute Gasteiger partial charge is 0.306 e. The Balaban J connectivity index is 0.000000315. The van der Waals surface area contributed by atoms with Crippen LogP contribution in [0.1, 0.15) is 110 Å². The van der Waals surface area contributed by atoms with Crippen LogP contribution in [0.25, 0.3) is 0 Å². The van der Waals surface area contributed by atoms with Gasteiger partial charge in [-0.25, -0.2) is 0 Å². The number of likely N-dealkylation sites (N-methyl/N-ethyl adjacent to an activating group) is 3. The van der Waals surface area contributed by atoms with Gasteiger partial charge in [0, 0.05) is 19.6 Å². The number of hydrogen-bond donors (Lipinski definition) is 3. The molecule has 0 saturated carbocycles. The van der Waals surface area contributed by atoms with E-state index in [0.717, 1.165) is 128 Å². The summed E-state index contributed by atoms with van der Waals surface area (Å²) in [6, 6.07) is 48.1. The van der Waals surface area contributed by atoms with Crippen molar-refractivity contribution in [3.05, 3.63) is 179 Å². The van der Waals surface area contributed by atoms with Crippen LogP contribution in [0.15, 0.2) is 146 Å². The molecule has 0 saturated heterocycles. The number of carboxylic acid groups (broad SMARTS) is 3. The summed E-state index contributed by atoms with van der Waals surface area (Å²) in [6.07, 6.45) is 9.28. The maximum Gasteiger partial charge on any atom is 0.306 e. The number of aliphatic carboxylic acids is 3. The summed E-state index contributed by atoms with van der Waals surface area (Å²) in [4.78, 5) is 73.7. The second-order valence-corrected chi connectivity index (χ2v) is 24.7. The molecule has 21 heteroatoms. The Morgan fingerprint density at radius 1 is 0.333 bits per heavy atom. The fourth-order valence-electron chi connectivity index (χ4n) is 10.5. The quantitative estimate of drug-likeness (QED) is 0.0182. The summed E-state index contributed by atoms with van der Waals surface area (Å²) in [5, 5.41) is 26.3. The van der Waals surface area contributed by atoms with Crippen LogP contribution in [-0.4, -0.2) is 187 Å². The van der Waals surface area contributed by atoms with Gasteiger partial charge in [-0.15, -0.1) is 0 Å². The molecule has 0 bridgehead atoms. The van der Waals surface area contributed by atoms with E-state index in [1.807, 2.05) is 160 Å². The fourth-order valence-corrected chi connectivity index (χ4v) is 10.5. The number of ether oxygens (including phenoxy) is 9. The summed E-state index contributed by atoms with van der Waals surface area (Å²) in [5.74, 6) is 0.311. The summed E-state index contributed by atoms with van der Waals surface area (Å²) in [6.45, 7) is 2.08. The number of nitrogens with zero attached hydrogens (tertiary/aromatic N) is 3. The fraction of sp³-hybridized carbons (Fsp3) is 0.462. The van der Waals surface area contributed by atoms with Crippen molar-refractivity contribution in [1.29, 1.82) is 0 Å². The monoisotopic (exact) mass is 1370 g/mol. The van der Waals surface area contributed by atoms with Crippen LogP contribution in [0.2, 0.25) is 0 Å². The molecule has 0 spiro atoms. The standard InChI is InChI=1S/C27H37NO6.C26H35NO6.C25H33NO6/c1-28(2)19-24(34-27(31)17-16-26(29)30)20-33-25-15-8-7-13-22(25)12-6-4-5-10-21-11-9-14-23(18-21)32-3;1-27(2)18-23(33-26(30)17-16-25(28)29)19-32-24-11-7-6-10-21(24)9-5-4-8-20-12-14-22(31-3)15-13-20;1-26(2)17-22(32-25(29)15-14-24(27)28)18-31-23-13-5-4-10-20(23)11-6-8-19-9-7-12-21(16-19)30-3/h7-9,11,13-15,18,24H,4-6,10,12,16-17,19-20H2,1-3H3,(H,29,30);6-7,10-15,23H,4-5,8-9,16-19H2,1-3H3,(H,28,29);4-5,7,9-10,12-13,16,22H,6,8,11,14-15,17-18H2,1-3H3,(H,27,28). The number of carboxylic acids is 3. The average molecular weight is 1370 g/mol. The number of unbranched alkanes of at least 4 members (excludes halogenated alkanes) is 3. The number of carbonyl (C=O) groups excluding carboxylic acids is 3. The van der Waals surface area contributed by atoms with Crippen molar-refractivity contribution in [2.75, 3.05) is 103 Å². The third-order valence-corrected chi connectivity index (χ3v) is 15.3. The molecule has 0 radical (unpaired) electrons. The zero-order valence-corrected chi connectivity index (χ0v) is 59.4. The highest BCUT2D eigenvalue weighted by Crippen LogP contribution is 2.26. The van der Waals surface area contributed by atoms with E-state index in [1.165, 1.54) is 16.7 Å². The molecular weight excluding hydrogens is 1270 g/mol. The Hall–Kier alpha value is -9.18. The molecule has 0 fully saturated rings. The Bertz CT molecular complexity index is 3320. The predicted molar refractivity (Wildman–Crippen MR) is 381 cm³/mol. The van der Waals surface area contributed by atoms with Gasteiger partial charge in [0.15, 0.2) is 0 Å². The zero-order chi connectivity index (χ0) is 72.2. The summed E-state index contributed by atoms with van der Waals surface area (Å²) in [7, 11) is 16.3. The normalized spacial score (nSPS) is 11.8. The van der Waals surface area contributed by atoms with E-state index in [-0.39, 0.29) is 58.3 Å². The van der Waals surface area contributed by atoms with E-state index in [2.05, 4.69) is 42.5 Å². The Labute approximate surface area is 585 Å². The molecule has 6 aromatic carbocycles.